The van der Waals surface area contributed by atoms with E-state index in [0.717, 1.165) is 11.3 Å². The second-order valence-electron chi connectivity index (χ2n) is 4.60. The zero-order valence-corrected chi connectivity index (χ0v) is 10.4. The van der Waals surface area contributed by atoms with Gasteiger partial charge in [0.2, 0.25) is 5.91 Å². The van der Waals surface area contributed by atoms with Gasteiger partial charge in [0.25, 0.3) is 5.92 Å². The Bertz CT molecular complexity index is 466. The minimum atomic E-state index is -3.07. The Hall–Kier alpha value is -1.69. The minimum Gasteiger partial charge on any atom is -0.492 e. The molecule has 1 heterocycles. The maximum Gasteiger partial charge on any atom is 0.277 e. The number of alkyl halides is 2. The van der Waals surface area contributed by atoms with Gasteiger partial charge >= 0.3 is 0 Å². The van der Waals surface area contributed by atoms with E-state index >= 15 is 0 Å². The Balaban J connectivity index is 1.92. The van der Waals surface area contributed by atoms with E-state index < -0.39 is 30.8 Å². The van der Waals surface area contributed by atoms with E-state index in [1.54, 1.807) is 0 Å². The number of amides is 1. The van der Waals surface area contributed by atoms with Crippen LogP contribution in [0.15, 0.2) is 24.3 Å². The molecule has 0 saturated carbocycles. The monoisotopic (exact) mass is 270 g/mol. The number of ether oxygens (including phenoxy) is 1. The van der Waals surface area contributed by atoms with Gasteiger partial charge in [0.15, 0.2) is 0 Å². The van der Waals surface area contributed by atoms with Gasteiger partial charge in [-0.1, -0.05) is 18.2 Å². The van der Waals surface area contributed by atoms with Gasteiger partial charge in [0.05, 0.1) is 19.0 Å². The number of nitrogens with one attached hydrogen (secondary N) is 1. The number of fused-ring (bicyclic) bond motifs is 1. The van der Waals surface area contributed by atoms with E-state index in [1.807, 2.05) is 24.3 Å². The molecule has 1 amide bonds. The van der Waals surface area contributed by atoms with Crippen LogP contribution in [0.1, 0.15) is 5.56 Å². The lowest BCUT2D eigenvalue weighted by Gasteiger charge is -2.25. The molecule has 3 N–H and O–H groups in total. The van der Waals surface area contributed by atoms with Crippen LogP contribution in [-0.2, 0) is 11.2 Å². The normalized spacial score (nSPS) is 18.4. The molecule has 0 fully saturated rings. The topological polar surface area (TPSA) is 64.3 Å². The van der Waals surface area contributed by atoms with Gasteiger partial charge in [-0.2, -0.15) is 0 Å². The van der Waals surface area contributed by atoms with Crippen molar-refractivity contribution in [2.75, 3.05) is 19.7 Å². The molecule has 0 saturated heterocycles. The third kappa shape index (κ3) is 3.41. The summed E-state index contributed by atoms with van der Waals surface area (Å²) < 4.78 is 31.3. The molecule has 1 unspecified atom stereocenters. The van der Waals surface area contributed by atoms with Crippen LogP contribution in [-0.4, -0.2) is 31.5 Å². The molecule has 1 aromatic carbocycles. The van der Waals surface area contributed by atoms with E-state index in [2.05, 4.69) is 5.32 Å². The fraction of sp³-hybridized carbons (Fsp3) is 0.462. The molecule has 0 aliphatic carbocycles. The number of rotatable bonds is 4. The molecular formula is C13H16F2N2O2. The number of benzene rings is 1. The van der Waals surface area contributed by atoms with Gasteiger partial charge in [-0.3, -0.25) is 4.79 Å². The molecular weight excluding hydrogens is 254 g/mol. The second-order valence-corrected chi connectivity index (χ2v) is 4.60. The zero-order valence-electron chi connectivity index (χ0n) is 10.4. The quantitative estimate of drug-likeness (QED) is 0.856. The maximum atomic E-state index is 12.9. The SMILES string of the molecule is NCC(F)(F)CNC(=O)C1COc2ccccc2C1. The lowest BCUT2D eigenvalue weighted by atomic mass is 9.96. The molecule has 19 heavy (non-hydrogen) atoms. The van der Waals surface area contributed by atoms with Crippen molar-refractivity contribution in [1.29, 1.82) is 0 Å². The third-order valence-corrected chi connectivity index (χ3v) is 3.07. The molecule has 4 nitrogen and oxygen atoms in total. The number of nitrogens with two attached hydrogens (primary N) is 1. The average Bonchev–Trinajstić information content (AvgIpc) is 2.44. The van der Waals surface area contributed by atoms with Crippen LogP contribution in [0.5, 0.6) is 5.75 Å². The van der Waals surface area contributed by atoms with E-state index in [4.69, 9.17) is 10.5 Å². The van der Waals surface area contributed by atoms with Crippen molar-refractivity contribution in [3.05, 3.63) is 29.8 Å². The molecule has 1 aliphatic heterocycles. The van der Waals surface area contributed by atoms with Crippen LogP contribution < -0.4 is 15.8 Å². The summed E-state index contributed by atoms with van der Waals surface area (Å²) in [6.45, 7) is -1.31. The van der Waals surface area contributed by atoms with Crippen LogP contribution in [0.3, 0.4) is 0 Å². The van der Waals surface area contributed by atoms with Gasteiger partial charge in [0.1, 0.15) is 12.4 Å². The standard InChI is InChI=1S/C13H16F2N2O2/c14-13(15,7-16)8-17-12(18)10-5-9-3-1-2-4-11(9)19-6-10/h1-4,10H,5-8,16H2,(H,17,18). The number of para-hydroxylation sites is 1. The minimum absolute atomic E-state index is 0.205. The molecule has 6 heteroatoms. The van der Waals surface area contributed by atoms with Gasteiger partial charge in [-0.05, 0) is 18.1 Å². The van der Waals surface area contributed by atoms with Crippen molar-refractivity contribution in [1.82, 2.24) is 5.32 Å². The summed E-state index contributed by atoms with van der Waals surface area (Å²) >= 11 is 0. The van der Waals surface area contributed by atoms with Crippen molar-refractivity contribution in [2.45, 2.75) is 12.3 Å². The summed E-state index contributed by atoms with van der Waals surface area (Å²) in [5, 5.41) is 2.23. The fourth-order valence-electron chi connectivity index (χ4n) is 1.93. The number of halogens is 2. The fourth-order valence-corrected chi connectivity index (χ4v) is 1.93. The third-order valence-electron chi connectivity index (χ3n) is 3.07. The summed E-state index contributed by atoms with van der Waals surface area (Å²) in [5.74, 6) is -3.19. The lowest BCUT2D eigenvalue weighted by molar-refractivity contribution is -0.128. The number of hydrogen-bond acceptors (Lipinski definition) is 3. The van der Waals surface area contributed by atoms with Crippen molar-refractivity contribution in [3.63, 3.8) is 0 Å². The first-order valence-corrected chi connectivity index (χ1v) is 6.08. The molecule has 1 aliphatic rings. The predicted molar refractivity (Wildman–Crippen MR) is 66.1 cm³/mol. The van der Waals surface area contributed by atoms with Crippen molar-refractivity contribution < 1.29 is 18.3 Å². The van der Waals surface area contributed by atoms with Crippen LogP contribution in [0.2, 0.25) is 0 Å². The highest BCUT2D eigenvalue weighted by molar-refractivity contribution is 5.79. The Morgan fingerprint density at radius 2 is 2.21 bits per heavy atom. The first-order valence-electron chi connectivity index (χ1n) is 6.08. The maximum absolute atomic E-state index is 12.9. The molecule has 2 rings (SSSR count). The molecule has 0 bridgehead atoms. The van der Waals surface area contributed by atoms with Crippen molar-refractivity contribution >= 4 is 5.91 Å². The molecule has 1 atom stereocenters. The smallest absolute Gasteiger partial charge is 0.277 e. The largest absolute Gasteiger partial charge is 0.492 e. The first kappa shape index (κ1) is 13.7. The van der Waals surface area contributed by atoms with Gasteiger partial charge in [-0.25, -0.2) is 8.78 Å². The highest BCUT2D eigenvalue weighted by Crippen LogP contribution is 2.26. The van der Waals surface area contributed by atoms with E-state index in [1.165, 1.54) is 0 Å². The molecule has 1 aromatic rings. The molecule has 0 radical (unpaired) electrons. The Morgan fingerprint density at radius 3 is 2.95 bits per heavy atom. The van der Waals surface area contributed by atoms with E-state index in [9.17, 15) is 13.6 Å². The van der Waals surface area contributed by atoms with Crippen LogP contribution >= 0.6 is 0 Å². The average molecular weight is 270 g/mol. The first-order chi connectivity index (χ1) is 9.02. The summed E-state index contributed by atoms with van der Waals surface area (Å²) in [6.07, 6.45) is 0.496. The Kier molecular flexibility index (Phi) is 3.99. The summed E-state index contributed by atoms with van der Waals surface area (Å²) in [7, 11) is 0. The molecule has 0 spiro atoms. The Labute approximate surface area is 109 Å². The van der Waals surface area contributed by atoms with Crippen LogP contribution in [0, 0.1) is 5.92 Å². The summed E-state index contributed by atoms with van der Waals surface area (Å²) in [6, 6.07) is 7.39. The number of hydrogen-bond donors (Lipinski definition) is 2. The van der Waals surface area contributed by atoms with Crippen molar-refractivity contribution in [3.8, 4) is 5.75 Å². The molecule has 0 aromatic heterocycles. The highest BCUT2D eigenvalue weighted by Gasteiger charge is 2.30. The summed E-state index contributed by atoms with van der Waals surface area (Å²) in [5.41, 5.74) is 5.82. The van der Waals surface area contributed by atoms with Crippen molar-refractivity contribution in [2.24, 2.45) is 11.7 Å². The zero-order chi connectivity index (χ0) is 13.9. The Morgan fingerprint density at radius 1 is 1.47 bits per heavy atom. The van der Waals surface area contributed by atoms with E-state index in [-0.39, 0.29) is 6.61 Å². The van der Waals surface area contributed by atoms with Crippen LogP contribution in [0.25, 0.3) is 0 Å². The van der Waals surface area contributed by atoms with Gasteiger partial charge < -0.3 is 15.8 Å². The second kappa shape index (κ2) is 5.52. The van der Waals surface area contributed by atoms with Crippen LogP contribution in [0.4, 0.5) is 8.78 Å². The summed E-state index contributed by atoms with van der Waals surface area (Å²) in [4.78, 5) is 11.8. The number of carbonyl (C=O) groups is 1. The van der Waals surface area contributed by atoms with Gasteiger partial charge in [0, 0.05) is 0 Å². The lowest BCUT2D eigenvalue weighted by Crippen LogP contribution is -2.45. The van der Waals surface area contributed by atoms with Gasteiger partial charge in [-0.15, -0.1) is 0 Å². The van der Waals surface area contributed by atoms with E-state index in [0.29, 0.717) is 6.42 Å². The number of carbonyl (C=O) groups excluding carboxylic acids is 1. The highest BCUT2D eigenvalue weighted by atomic mass is 19.3. The molecule has 104 valence electrons. The predicted octanol–water partition coefficient (Wildman–Crippen LogP) is 0.948.